The fourth-order valence-corrected chi connectivity index (χ4v) is 5.15. The Balaban J connectivity index is 1.66. The zero-order chi connectivity index (χ0) is 28.8. The van der Waals surface area contributed by atoms with Crippen LogP contribution in [0.1, 0.15) is 53.9 Å². The van der Waals surface area contributed by atoms with Gasteiger partial charge < -0.3 is 29.4 Å². The number of carbonyl (C=O) groups is 1. The van der Waals surface area contributed by atoms with Crippen LogP contribution in [0.3, 0.4) is 0 Å². The first-order valence-corrected chi connectivity index (χ1v) is 13.3. The first-order valence-electron chi connectivity index (χ1n) is 13.3. The molecule has 1 amide bonds. The number of aromatic nitrogens is 2. The van der Waals surface area contributed by atoms with Crippen molar-refractivity contribution in [2.45, 2.75) is 52.2 Å². The van der Waals surface area contributed by atoms with Crippen molar-refractivity contribution in [2.75, 3.05) is 13.2 Å². The lowest BCUT2D eigenvalue weighted by Gasteiger charge is -2.22. The van der Waals surface area contributed by atoms with Gasteiger partial charge in [-0.15, -0.1) is 0 Å². The first-order chi connectivity index (χ1) is 18.9. The molecule has 0 radical (unpaired) electrons. The van der Waals surface area contributed by atoms with Crippen molar-refractivity contribution in [3.05, 3.63) is 81.2 Å². The number of carbonyl (C=O) groups excluding carboxylic acids is 1. The number of pyridine rings is 1. The predicted octanol–water partition coefficient (Wildman–Crippen LogP) is 5.22. The second-order valence-corrected chi connectivity index (χ2v) is 11.0. The highest BCUT2D eigenvalue weighted by Crippen LogP contribution is 2.40. The van der Waals surface area contributed by atoms with Crippen LogP contribution >= 0.6 is 0 Å². The van der Waals surface area contributed by atoms with Crippen molar-refractivity contribution in [2.24, 2.45) is 7.05 Å². The average Bonchev–Trinajstić information content (AvgIpc) is 3.34. The van der Waals surface area contributed by atoms with Gasteiger partial charge in [-0.2, -0.15) is 0 Å². The van der Waals surface area contributed by atoms with E-state index in [4.69, 9.17) is 9.47 Å². The van der Waals surface area contributed by atoms with Crippen molar-refractivity contribution < 1.29 is 23.8 Å². The Morgan fingerprint density at radius 2 is 1.80 bits per heavy atom. The Kier molecular flexibility index (Phi) is 7.29. The fourth-order valence-electron chi connectivity index (χ4n) is 5.15. The number of hydrogen-bond acceptors (Lipinski definition) is 5. The summed E-state index contributed by atoms with van der Waals surface area (Å²) in [4.78, 5) is 29.5. The largest absolute Gasteiger partial charge is 0.456 e. The highest BCUT2D eigenvalue weighted by atomic mass is 19.1. The lowest BCUT2D eigenvalue weighted by molar-refractivity contribution is 0.0694. The molecule has 1 saturated heterocycles. The third-order valence-electron chi connectivity index (χ3n) is 7.37. The Morgan fingerprint density at radius 3 is 2.45 bits per heavy atom. The molecule has 1 aliphatic heterocycles. The zero-order valence-corrected chi connectivity index (χ0v) is 23.4. The van der Waals surface area contributed by atoms with E-state index < -0.39 is 5.60 Å². The topological polar surface area (TPSA) is 106 Å². The first kappa shape index (κ1) is 27.6. The van der Waals surface area contributed by atoms with Gasteiger partial charge in [0.05, 0.1) is 16.5 Å². The third kappa shape index (κ3) is 5.39. The number of aliphatic hydroxyl groups is 1. The van der Waals surface area contributed by atoms with E-state index in [1.165, 1.54) is 16.7 Å². The molecule has 0 unspecified atom stereocenters. The number of benzene rings is 2. The summed E-state index contributed by atoms with van der Waals surface area (Å²) >= 11 is 0. The standard InChI is InChI=1S/C31H34FN3O5/c1-17-12-20(32)13-18(2)28(17)40-26-7-6-19(31(3,4)38)14-22(26)24-16-35(5)30(37)23-15-25(34-27(23)24)29(36)33-21-8-10-39-11-9-21/h6-7,12-16,21,34,38H,8-11H2,1-5H3,(H,33,36). The molecule has 3 N–H and O–H groups in total. The minimum Gasteiger partial charge on any atom is -0.456 e. The molecule has 1 fully saturated rings. The highest BCUT2D eigenvalue weighted by molar-refractivity contribution is 6.02. The van der Waals surface area contributed by atoms with Gasteiger partial charge in [0.2, 0.25) is 0 Å². The number of halogens is 1. The molecule has 5 rings (SSSR count). The summed E-state index contributed by atoms with van der Waals surface area (Å²) in [5, 5.41) is 14.2. The zero-order valence-electron chi connectivity index (χ0n) is 23.4. The molecule has 0 spiro atoms. The van der Waals surface area contributed by atoms with Crippen molar-refractivity contribution in [1.82, 2.24) is 14.9 Å². The Bertz CT molecular complexity index is 1640. The lowest BCUT2D eigenvalue weighted by Crippen LogP contribution is -2.39. The summed E-state index contributed by atoms with van der Waals surface area (Å²) in [5.74, 6) is 0.323. The van der Waals surface area contributed by atoms with Gasteiger partial charge in [-0.05, 0) is 87.6 Å². The van der Waals surface area contributed by atoms with Gasteiger partial charge in [-0.25, -0.2) is 4.39 Å². The molecule has 2 aromatic heterocycles. The highest BCUT2D eigenvalue weighted by Gasteiger charge is 2.24. The summed E-state index contributed by atoms with van der Waals surface area (Å²) in [7, 11) is 1.65. The number of fused-ring (bicyclic) bond motifs is 1. The van der Waals surface area contributed by atoms with E-state index in [2.05, 4.69) is 10.3 Å². The van der Waals surface area contributed by atoms with E-state index in [1.54, 1.807) is 59.1 Å². The Hall–Kier alpha value is -3.95. The molecule has 9 heteroatoms. The van der Waals surface area contributed by atoms with Crippen LogP contribution in [0.5, 0.6) is 11.5 Å². The van der Waals surface area contributed by atoms with Crippen LogP contribution in [-0.4, -0.2) is 39.8 Å². The van der Waals surface area contributed by atoms with Gasteiger partial charge in [0.25, 0.3) is 11.5 Å². The van der Waals surface area contributed by atoms with Crippen LogP contribution < -0.4 is 15.6 Å². The molecule has 1 aliphatic rings. The molecule has 3 heterocycles. The second-order valence-electron chi connectivity index (χ2n) is 11.0. The van der Waals surface area contributed by atoms with Gasteiger partial charge in [-0.3, -0.25) is 9.59 Å². The van der Waals surface area contributed by atoms with Crippen LogP contribution in [0.15, 0.2) is 47.4 Å². The number of aromatic amines is 1. The summed E-state index contributed by atoms with van der Waals surface area (Å²) in [6, 6.07) is 9.73. The van der Waals surface area contributed by atoms with Crippen molar-refractivity contribution in [1.29, 1.82) is 0 Å². The molecule has 0 bridgehead atoms. The van der Waals surface area contributed by atoms with Gasteiger partial charge >= 0.3 is 0 Å². The molecule has 0 saturated carbocycles. The predicted molar refractivity (Wildman–Crippen MR) is 151 cm³/mol. The van der Waals surface area contributed by atoms with Crippen LogP contribution in [0.4, 0.5) is 4.39 Å². The molecule has 0 aliphatic carbocycles. The second kappa shape index (κ2) is 10.6. The summed E-state index contributed by atoms with van der Waals surface area (Å²) in [6.07, 6.45) is 3.14. The minimum atomic E-state index is -1.15. The monoisotopic (exact) mass is 547 g/mol. The number of rotatable bonds is 6. The van der Waals surface area contributed by atoms with Gasteiger partial charge in [0, 0.05) is 43.6 Å². The summed E-state index contributed by atoms with van der Waals surface area (Å²) < 4.78 is 27.2. The molecule has 0 atom stereocenters. The number of H-pyrrole nitrogens is 1. The number of aryl methyl sites for hydroxylation is 3. The molecule has 210 valence electrons. The molecule has 2 aromatic carbocycles. The van der Waals surface area contributed by atoms with E-state index in [1.807, 2.05) is 6.07 Å². The molecule has 40 heavy (non-hydrogen) atoms. The van der Waals surface area contributed by atoms with Gasteiger partial charge in [0.15, 0.2) is 0 Å². The SMILES string of the molecule is Cc1cc(F)cc(C)c1Oc1ccc(C(C)(C)O)cc1-c1cn(C)c(=O)c2cc(C(=O)NC3CCOCC3)[nH]c12. The lowest BCUT2D eigenvalue weighted by atomic mass is 9.93. The minimum absolute atomic E-state index is 0.000578. The number of nitrogens with one attached hydrogen (secondary N) is 2. The summed E-state index contributed by atoms with van der Waals surface area (Å²) in [5.41, 5.74) is 2.45. The van der Waals surface area contributed by atoms with Crippen molar-refractivity contribution >= 4 is 16.8 Å². The van der Waals surface area contributed by atoms with Crippen LogP contribution in [0.25, 0.3) is 22.0 Å². The van der Waals surface area contributed by atoms with Gasteiger partial charge in [0.1, 0.15) is 23.0 Å². The normalized spacial score (nSPS) is 14.5. The van der Waals surface area contributed by atoms with Crippen LogP contribution in [0, 0.1) is 19.7 Å². The summed E-state index contributed by atoms with van der Waals surface area (Å²) in [6.45, 7) is 8.10. The maximum atomic E-state index is 14.0. The van der Waals surface area contributed by atoms with Crippen molar-refractivity contribution in [3.8, 4) is 22.6 Å². The average molecular weight is 548 g/mol. The Morgan fingerprint density at radius 1 is 1.12 bits per heavy atom. The quantitative estimate of drug-likeness (QED) is 0.307. The molecular formula is C31H34FN3O5. The maximum Gasteiger partial charge on any atom is 0.267 e. The van der Waals surface area contributed by atoms with E-state index in [0.29, 0.717) is 63.4 Å². The maximum absolute atomic E-state index is 14.0. The van der Waals surface area contributed by atoms with Crippen LogP contribution in [-0.2, 0) is 17.4 Å². The Labute approximate surface area is 231 Å². The molecular weight excluding hydrogens is 513 g/mol. The van der Waals surface area contributed by atoms with E-state index in [-0.39, 0.29) is 29.0 Å². The van der Waals surface area contributed by atoms with E-state index in [9.17, 15) is 19.1 Å². The number of ether oxygens (including phenoxy) is 2. The van der Waals surface area contributed by atoms with E-state index >= 15 is 0 Å². The fraction of sp³-hybridized carbons (Fsp3) is 0.355. The van der Waals surface area contributed by atoms with Crippen molar-refractivity contribution in [3.63, 3.8) is 0 Å². The smallest absolute Gasteiger partial charge is 0.267 e. The van der Waals surface area contributed by atoms with E-state index in [0.717, 1.165) is 12.8 Å². The van der Waals surface area contributed by atoms with Crippen LogP contribution in [0.2, 0.25) is 0 Å². The number of nitrogens with zero attached hydrogens (tertiary/aromatic N) is 1. The number of hydrogen-bond donors (Lipinski definition) is 3. The third-order valence-corrected chi connectivity index (χ3v) is 7.37. The van der Waals surface area contributed by atoms with Gasteiger partial charge in [-0.1, -0.05) is 6.07 Å². The molecule has 4 aromatic rings. The molecule has 8 nitrogen and oxygen atoms in total. The number of amides is 1.